The summed E-state index contributed by atoms with van der Waals surface area (Å²) >= 11 is 0. The normalized spacial score (nSPS) is 17.9. The van der Waals surface area contributed by atoms with Crippen molar-refractivity contribution in [2.45, 2.75) is 52.0 Å². The largest absolute Gasteiger partial charge is 0.313 e. The molecule has 1 fully saturated rings. The molecule has 0 unspecified atom stereocenters. The molecule has 0 heterocycles. The number of nitrogens with one attached hydrogen (secondary N) is 1. The Bertz CT molecular complexity index is 195. The summed E-state index contributed by atoms with van der Waals surface area (Å²) in [5.74, 6) is 0. The molecule has 0 radical (unpaired) electrons. The molecule has 0 aliphatic heterocycles. The molecule has 16 heavy (non-hydrogen) atoms. The van der Waals surface area contributed by atoms with E-state index in [-0.39, 0.29) is 0 Å². The lowest BCUT2D eigenvalue weighted by molar-refractivity contribution is 0.176. The van der Waals surface area contributed by atoms with Crippen LogP contribution in [-0.4, -0.2) is 37.1 Å². The zero-order valence-electron chi connectivity index (χ0n) is 11.1. The van der Waals surface area contributed by atoms with Crippen LogP contribution in [0.5, 0.6) is 0 Å². The third-order valence-corrected chi connectivity index (χ3v) is 3.55. The standard InChI is InChI=1S/C14H28N2/c1-4-15-11-13(3)12-16(5-2)14-9-7-6-8-10-14/h14-15H,3-12H2,1-2H3. The van der Waals surface area contributed by atoms with Crippen LogP contribution in [0.3, 0.4) is 0 Å². The minimum absolute atomic E-state index is 0.817. The quantitative estimate of drug-likeness (QED) is 0.669. The Morgan fingerprint density at radius 1 is 1.25 bits per heavy atom. The van der Waals surface area contributed by atoms with Gasteiger partial charge in [0.15, 0.2) is 0 Å². The molecule has 0 atom stereocenters. The fourth-order valence-corrected chi connectivity index (χ4v) is 2.59. The second kappa shape index (κ2) is 7.86. The van der Waals surface area contributed by atoms with E-state index in [1.165, 1.54) is 37.7 Å². The molecule has 1 rings (SSSR count). The van der Waals surface area contributed by atoms with Crippen molar-refractivity contribution in [2.24, 2.45) is 0 Å². The molecule has 94 valence electrons. The van der Waals surface area contributed by atoms with Crippen LogP contribution in [0.25, 0.3) is 0 Å². The van der Waals surface area contributed by atoms with Crippen molar-refractivity contribution in [1.29, 1.82) is 0 Å². The Kier molecular flexibility index (Phi) is 6.74. The van der Waals surface area contributed by atoms with Crippen LogP contribution >= 0.6 is 0 Å². The molecular weight excluding hydrogens is 196 g/mol. The van der Waals surface area contributed by atoms with Crippen LogP contribution in [0, 0.1) is 0 Å². The van der Waals surface area contributed by atoms with Crippen molar-refractivity contribution >= 4 is 0 Å². The van der Waals surface area contributed by atoms with Gasteiger partial charge in [-0.25, -0.2) is 0 Å². The highest BCUT2D eigenvalue weighted by molar-refractivity contribution is 5.00. The molecule has 0 aromatic rings. The number of hydrogen-bond acceptors (Lipinski definition) is 2. The van der Waals surface area contributed by atoms with Gasteiger partial charge in [0.25, 0.3) is 0 Å². The predicted octanol–water partition coefficient (Wildman–Crippen LogP) is 2.81. The van der Waals surface area contributed by atoms with E-state index in [1.54, 1.807) is 0 Å². The van der Waals surface area contributed by atoms with Gasteiger partial charge in [0.05, 0.1) is 0 Å². The highest BCUT2D eigenvalue weighted by Crippen LogP contribution is 2.22. The Labute approximate surface area is 101 Å². The Morgan fingerprint density at radius 3 is 2.50 bits per heavy atom. The van der Waals surface area contributed by atoms with E-state index in [4.69, 9.17) is 0 Å². The van der Waals surface area contributed by atoms with E-state index in [9.17, 15) is 0 Å². The molecular formula is C14H28N2. The van der Waals surface area contributed by atoms with Gasteiger partial charge < -0.3 is 5.32 Å². The lowest BCUT2D eigenvalue weighted by Gasteiger charge is -2.34. The monoisotopic (exact) mass is 224 g/mol. The van der Waals surface area contributed by atoms with Gasteiger partial charge in [0.2, 0.25) is 0 Å². The molecule has 1 aliphatic rings. The molecule has 1 saturated carbocycles. The van der Waals surface area contributed by atoms with Crippen LogP contribution in [0.15, 0.2) is 12.2 Å². The third kappa shape index (κ3) is 4.67. The zero-order valence-corrected chi connectivity index (χ0v) is 11.1. The second-order valence-corrected chi connectivity index (χ2v) is 4.89. The molecule has 0 spiro atoms. The van der Waals surface area contributed by atoms with Crippen molar-refractivity contribution in [3.63, 3.8) is 0 Å². The first-order valence-corrected chi connectivity index (χ1v) is 6.89. The third-order valence-electron chi connectivity index (χ3n) is 3.55. The molecule has 0 bridgehead atoms. The van der Waals surface area contributed by atoms with E-state index in [2.05, 4.69) is 30.6 Å². The Balaban J connectivity index is 2.32. The highest BCUT2D eigenvalue weighted by Gasteiger charge is 2.19. The minimum Gasteiger partial charge on any atom is -0.313 e. The van der Waals surface area contributed by atoms with Crippen molar-refractivity contribution in [3.05, 3.63) is 12.2 Å². The molecule has 2 heteroatoms. The average Bonchev–Trinajstić information content (AvgIpc) is 2.34. The molecule has 0 aromatic carbocycles. The summed E-state index contributed by atoms with van der Waals surface area (Å²) in [6.45, 7) is 12.8. The summed E-state index contributed by atoms with van der Waals surface area (Å²) < 4.78 is 0. The van der Waals surface area contributed by atoms with Gasteiger partial charge >= 0.3 is 0 Å². The van der Waals surface area contributed by atoms with Crippen LogP contribution in [0.2, 0.25) is 0 Å². The van der Waals surface area contributed by atoms with Crippen molar-refractivity contribution < 1.29 is 0 Å². The van der Waals surface area contributed by atoms with Gasteiger partial charge in [-0.2, -0.15) is 0 Å². The zero-order chi connectivity index (χ0) is 11.8. The topological polar surface area (TPSA) is 15.3 Å². The van der Waals surface area contributed by atoms with Crippen LogP contribution in [-0.2, 0) is 0 Å². The van der Waals surface area contributed by atoms with Crippen LogP contribution in [0.1, 0.15) is 46.0 Å². The maximum atomic E-state index is 4.17. The van der Waals surface area contributed by atoms with Crippen molar-refractivity contribution in [2.75, 3.05) is 26.2 Å². The molecule has 2 nitrogen and oxygen atoms in total. The van der Waals surface area contributed by atoms with Gasteiger partial charge in [0.1, 0.15) is 0 Å². The predicted molar refractivity (Wildman–Crippen MR) is 71.8 cm³/mol. The molecule has 1 aliphatic carbocycles. The summed E-state index contributed by atoms with van der Waals surface area (Å²) in [4.78, 5) is 2.61. The summed E-state index contributed by atoms with van der Waals surface area (Å²) in [5, 5.41) is 3.35. The van der Waals surface area contributed by atoms with Crippen LogP contribution in [0.4, 0.5) is 0 Å². The molecule has 0 saturated heterocycles. The lowest BCUT2D eigenvalue weighted by atomic mass is 9.94. The van der Waals surface area contributed by atoms with E-state index >= 15 is 0 Å². The lowest BCUT2D eigenvalue weighted by Crippen LogP contribution is -2.39. The van der Waals surface area contributed by atoms with E-state index in [1.807, 2.05) is 0 Å². The van der Waals surface area contributed by atoms with Crippen molar-refractivity contribution in [1.82, 2.24) is 10.2 Å². The Morgan fingerprint density at radius 2 is 1.94 bits per heavy atom. The number of hydrogen-bond donors (Lipinski definition) is 1. The first-order chi connectivity index (χ1) is 7.77. The number of likely N-dealkylation sites (N-methyl/N-ethyl adjacent to an activating group) is 2. The first-order valence-electron chi connectivity index (χ1n) is 6.89. The first kappa shape index (κ1) is 13.7. The van der Waals surface area contributed by atoms with Gasteiger partial charge in [-0.3, -0.25) is 4.90 Å². The molecule has 0 amide bonds. The maximum Gasteiger partial charge on any atom is 0.0205 e. The van der Waals surface area contributed by atoms with Gasteiger partial charge in [-0.15, -0.1) is 0 Å². The maximum absolute atomic E-state index is 4.17. The Hall–Kier alpha value is -0.340. The van der Waals surface area contributed by atoms with E-state index in [0.717, 1.165) is 32.2 Å². The fraction of sp³-hybridized carbons (Fsp3) is 0.857. The summed E-state index contributed by atoms with van der Waals surface area (Å²) in [6, 6.07) is 0.817. The highest BCUT2D eigenvalue weighted by atomic mass is 15.1. The summed E-state index contributed by atoms with van der Waals surface area (Å²) in [7, 11) is 0. The SMILES string of the molecule is C=C(CNCC)CN(CC)C1CCCCC1. The van der Waals surface area contributed by atoms with E-state index in [0.29, 0.717) is 0 Å². The van der Waals surface area contributed by atoms with E-state index < -0.39 is 0 Å². The van der Waals surface area contributed by atoms with Gasteiger partial charge in [-0.1, -0.05) is 39.7 Å². The van der Waals surface area contributed by atoms with Gasteiger partial charge in [-0.05, 0) is 31.5 Å². The summed E-state index contributed by atoms with van der Waals surface area (Å²) in [6.07, 6.45) is 7.05. The number of nitrogens with zero attached hydrogens (tertiary/aromatic N) is 1. The minimum atomic E-state index is 0.817. The average molecular weight is 224 g/mol. The number of rotatable bonds is 7. The molecule has 1 N–H and O–H groups in total. The van der Waals surface area contributed by atoms with Crippen LogP contribution < -0.4 is 5.32 Å². The van der Waals surface area contributed by atoms with Gasteiger partial charge in [0, 0.05) is 19.1 Å². The van der Waals surface area contributed by atoms with Crippen molar-refractivity contribution in [3.8, 4) is 0 Å². The smallest absolute Gasteiger partial charge is 0.0205 e. The summed E-state index contributed by atoms with van der Waals surface area (Å²) in [5.41, 5.74) is 1.33. The molecule has 0 aromatic heterocycles. The fourth-order valence-electron chi connectivity index (χ4n) is 2.59. The second-order valence-electron chi connectivity index (χ2n) is 4.89.